The topological polar surface area (TPSA) is 117 Å². The standard InChI is InChI=1S/C27H22N6O3/c1-27(15-20-18-11-5-6-12-19(18)28-29-20)25-31-30-24(17-9-3-2-4-10-17)33(25)22-14-8-7-13-21(22)32(26(27)36)16-23(34)35/h2-14H,15-16H2,1H3,(H,28,29)(H,34,35). The number of carboxylic acid groups (broad SMARTS) is 1. The van der Waals surface area contributed by atoms with Gasteiger partial charge in [-0.3, -0.25) is 24.2 Å². The van der Waals surface area contributed by atoms with Gasteiger partial charge in [-0.2, -0.15) is 5.10 Å². The van der Waals surface area contributed by atoms with Crippen molar-refractivity contribution < 1.29 is 14.7 Å². The molecule has 9 heteroatoms. The van der Waals surface area contributed by atoms with E-state index >= 15 is 0 Å². The van der Waals surface area contributed by atoms with E-state index in [1.807, 2.05) is 71.3 Å². The number of fused-ring (bicyclic) bond motifs is 4. The Morgan fingerprint density at radius 3 is 2.42 bits per heavy atom. The number of aromatic nitrogens is 5. The van der Waals surface area contributed by atoms with Crippen LogP contribution in [-0.4, -0.2) is 48.5 Å². The van der Waals surface area contributed by atoms with Crippen LogP contribution in [0.15, 0.2) is 78.9 Å². The first-order chi connectivity index (χ1) is 17.5. The predicted octanol–water partition coefficient (Wildman–Crippen LogP) is 3.74. The van der Waals surface area contributed by atoms with Crippen LogP contribution in [-0.2, 0) is 21.4 Å². The molecule has 0 bridgehead atoms. The van der Waals surface area contributed by atoms with E-state index in [9.17, 15) is 14.7 Å². The molecule has 0 radical (unpaired) electrons. The molecule has 6 rings (SSSR count). The summed E-state index contributed by atoms with van der Waals surface area (Å²) in [6, 6.07) is 24.5. The molecule has 2 N–H and O–H groups in total. The molecule has 5 aromatic rings. The number of carbonyl (C=O) groups excluding carboxylic acids is 1. The van der Waals surface area contributed by atoms with Gasteiger partial charge < -0.3 is 5.11 Å². The molecule has 9 nitrogen and oxygen atoms in total. The van der Waals surface area contributed by atoms with E-state index in [2.05, 4.69) is 20.4 Å². The van der Waals surface area contributed by atoms with Crippen molar-refractivity contribution in [2.24, 2.45) is 0 Å². The Kier molecular flexibility index (Phi) is 4.92. The van der Waals surface area contributed by atoms with E-state index in [1.165, 1.54) is 4.90 Å². The van der Waals surface area contributed by atoms with Crippen molar-refractivity contribution in [2.45, 2.75) is 18.8 Å². The molecule has 178 valence electrons. The van der Waals surface area contributed by atoms with Crippen LogP contribution >= 0.6 is 0 Å². The number of hydrogen-bond acceptors (Lipinski definition) is 5. The molecule has 0 saturated heterocycles. The second kappa shape index (κ2) is 8.16. The van der Waals surface area contributed by atoms with Crippen molar-refractivity contribution in [3.05, 3.63) is 90.4 Å². The third kappa shape index (κ3) is 3.28. The van der Waals surface area contributed by atoms with Crippen LogP contribution in [0, 0.1) is 0 Å². The fraction of sp³-hybridized carbons (Fsp3) is 0.148. The number of carboxylic acids is 1. The van der Waals surface area contributed by atoms with E-state index in [1.54, 1.807) is 19.1 Å². The monoisotopic (exact) mass is 478 g/mol. The van der Waals surface area contributed by atoms with Crippen molar-refractivity contribution >= 4 is 28.5 Å². The number of aromatic amines is 1. The van der Waals surface area contributed by atoms with Crippen molar-refractivity contribution in [1.29, 1.82) is 0 Å². The van der Waals surface area contributed by atoms with E-state index in [-0.39, 0.29) is 12.3 Å². The minimum Gasteiger partial charge on any atom is -0.480 e. The predicted molar refractivity (Wildman–Crippen MR) is 134 cm³/mol. The first-order valence-corrected chi connectivity index (χ1v) is 11.5. The number of para-hydroxylation sites is 3. The molecule has 0 spiro atoms. The summed E-state index contributed by atoms with van der Waals surface area (Å²) in [4.78, 5) is 27.5. The van der Waals surface area contributed by atoms with Crippen LogP contribution in [0.2, 0.25) is 0 Å². The number of anilines is 1. The molecule has 2 aromatic heterocycles. The van der Waals surface area contributed by atoms with Gasteiger partial charge in [-0.05, 0) is 25.1 Å². The summed E-state index contributed by atoms with van der Waals surface area (Å²) >= 11 is 0. The fourth-order valence-electron chi connectivity index (χ4n) is 4.98. The van der Waals surface area contributed by atoms with E-state index < -0.39 is 17.9 Å². The van der Waals surface area contributed by atoms with Gasteiger partial charge in [0, 0.05) is 23.1 Å². The zero-order valence-corrected chi connectivity index (χ0v) is 19.4. The van der Waals surface area contributed by atoms with Crippen LogP contribution < -0.4 is 4.90 Å². The molecule has 1 aliphatic heterocycles. The first-order valence-electron chi connectivity index (χ1n) is 11.5. The molecule has 1 aliphatic rings. The lowest BCUT2D eigenvalue weighted by Crippen LogP contribution is -2.48. The van der Waals surface area contributed by atoms with Gasteiger partial charge in [0.1, 0.15) is 12.0 Å². The smallest absolute Gasteiger partial charge is 0.323 e. The van der Waals surface area contributed by atoms with E-state index in [0.717, 1.165) is 22.2 Å². The lowest BCUT2D eigenvalue weighted by Gasteiger charge is -2.30. The Bertz CT molecular complexity index is 1620. The first kappa shape index (κ1) is 21.7. The molecule has 3 heterocycles. The second-order valence-corrected chi connectivity index (χ2v) is 9.05. The quantitative estimate of drug-likeness (QED) is 0.397. The summed E-state index contributed by atoms with van der Waals surface area (Å²) in [6.07, 6.45) is 0.226. The van der Waals surface area contributed by atoms with Crippen molar-refractivity contribution in [3.8, 4) is 17.1 Å². The van der Waals surface area contributed by atoms with Crippen LogP contribution in [0.5, 0.6) is 0 Å². The van der Waals surface area contributed by atoms with Gasteiger partial charge in [0.05, 0.1) is 16.9 Å². The zero-order valence-electron chi connectivity index (χ0n) is 19.4. The maximum absolute atomic E-state index is 14.3. The van der Waals surface area contributed by atoms with Crippen LogP contribution in [0.1, 0.15) is 18.4 Å². The van der Waals surface area contributed by atoms with Crippen LogP contribution in [0.25, 0.3) is 28.0 Å². The van der Waals surface area contributed by atoms with E-state index in [0.29, 0.717) is 23.0 Å². The normalized spacial score (nSPS) is 17.0. The largest absolute Gasteiger partial charge is 0.480 e. The summed E-state index contributed by atoms with van der Waals surface area (Å²) in [6.45, 7) is 1.31. The van der Waals surface area contributed by atoms with Gasteiger partial charge in [-0.25, -0.2) is 0 Å². The second-order valence-electron chi connectivity index (χ2n) is 9.05. The molecule has 1 amide bonds. The average molecular weight is 479 g/mol. The number of carbonyl (C=O) groups is 2. The van der Waals surface area contributed by atoms with Gasteiger partial charge in [-0.1, -0.05) is 60.7 Å². The Balaban J connectivity index is 1.63. The van der Waals surface area contributed by atoms with Crippen molar-refractivity contribution in [2.75, 3.05) is 11.4 Å². The third-order valence-corrected chi connectivity index (χ3v) is 6.68. The van der Waals surface area contributed by atoms with Crippen molar-refractivity contribution in [3.63, 3.8) is 0 Å². The maximum Gasteiger partial charge on any atom is 0.323 e. The number of H-pyrrole nitrogens is 1. The molecule has 0 aliphatic carbocycles. The summed E-state index contributed by atoms with van der Waals surface area (Å²) in [5.74, 6) is -0.468. The van der Waals surface area contributed by atoms with Crippen LogP contribution in [0.4, 0.5) is 5.69 Å². The van der Waals surface area contributed by atoms with Gasteiger partial charge >= 0.3 is 5.97 Å². The maximum atomic E-state index is 14.3. The number of aliphatic carboxylic acids is 1. The van der Waals surface area contributed by atoms with Gasteiger partial charge in [0.15, 0.2) is 11.6 Å². The molecule has 0 saturated carbocycles. The highest BCUT2D eigenvalue weighted by Crippen LogP contribution is 2.41. The zero-order chi connectivity index (χ0) is 24.9. The average Bonchev–Trinajstić information content (AvgIpc) is 3.51. The molecular formula is C27H22N6O3. The molecule has 1 atom stereocenters. The molecule has 1 unspecified atom stereocenters. The van der Waals surface area contributed by atoms with Crippen LogP contribution in [0.3, 0.4) is 0 Å². The lowest BCUT2D eigenvalue weighted by molar-refractivity contribution is -0.137. The van der Waals surface area contributed by atoms with Crippen molar-refractivity contribution in [1.82, 2.24) is 25.0 Å². The van der Waals surface area contributed by atoms with Gasteiger partial charge in [0.25, 0.3) is 0 Å². The summed E-state index contributed by atoms with van der Waals surface area (Å²) < 4.78 is 1.88. The summed E-state index contributed by atoms with van der Waals surface area (Å²) in [5.41, 5.74) is 2.27. The molecular weight excluding hydrogens is 456 g/mol. The SMILES string of the molecule is CC1(Cc2[nH]nc3ccccc23)C(=O)N(CC(=O)O)c2ccccc2-n2c(-c3ccccc3)nnc21. The number of amides is 1. The number of benzene rings is 3. The van der Waals surface area contributed by atoms with Gasteiger partial charge in [0.2, 0.25) is 5.91 Å². The Labute approximate surface area is 206 Å². The Morgan fingerprint density at radius 1 is 0.944 bits per heavy atom. The number of rotatable bonds is 5. The number of nitrogens with one attached hydrogen (secondary N) is 1. The fourth-order valence-corrected chi connectivity index (χ4v) is 4.98. The Morgan fingerprint density at radius 2 is 1.64 bits per heavy atom. The highest BCUT2D eigenvalue weighted by molar-refractivity contribution is 6.06. The number of hydrogen-bond donors (Lipinski definition) is 2. The highest BCUT2D eigenvalue weighted by Gasteiger charge is 2.48. The molecule has 3 aromatic carbocycles. The third-order valence-electron chi connectivity index (χ3n) is 6.68. The molecule has 0 fully saturated rings. The number of nitrogens with zero attached hydrogens (tertiary/aromatic N) is 5. The van der Waals surface area contributed by atoms with E-state index in [4.69, 9.17) is 0 Å². The summed E-state index contributed by atoms with van der Waals surface area (Å²) in [7, 11) is 0. The Hall–Kier alpha value is -4.79. The molecule has 36 heavy (non-hydrogen) atoms. The van der Waals surface area contributed by atoms with Gasteiger partial charge in [-0.15, -0.1) is 10.2 Å². The summed E-state index contributed by atoms with van der Waals surface area (Å²) in [5, 5.41) is 27.2. The lowest BCUT2D eigenvalue weighted by atomic mass is 9.82. The minimum absolute atomic E-state index is 0.226. The minimum atomic E-state index is -1.25. The highest BCUT2D eigenvalue weighted by atomic mass is 16.4.